The highest BCUT2D eigenvalue weighted by atomic mass is 19.1. The zero-order chi connectivity index (χ0) is 13.1. The van der Waals surface area contributed by atoms with Gasteiger partial charge in [0.25, 0.3) is 0 Å². The Morgan fingerprint density at radius 2 is 1.78 bits per heavy atom. The Morgan fingerprint density at radius 1 is 1.06 bits per heavy atom. The van der Waals surface area contributed by atoms with Crippen molar-refractivity contribution in [2.75, 3.05) is 5.73 Å². The summed E-state index contributed by atoms with van der Waals surface area (Å²) in [4.78, 5) is 0. The summed E-state index contributed by atoms with van der Waals surface area (Å²) in [7, 11) is 0. The van der Waals surface area contributed by atoms with Gasteiger partial charge in [0.15, 0.2) is 17.4 Å². The van der Waals surface area contributed by atoms with Crippen LogP contribution in [0, 0.1) is 18.6 Å². The van der Waals surface area contributed by atoms with E-state index >= 15 is 0 Å². The Hall–Kier alpha value is -2.10. The van der Waals surface area contributed by atoms with E-state index in [-0.39, 0.29) is 18.0 Å². The summed E-state index contributed by atoms with van der Waals surface area (Å²) in [6.07, 6.45) is 0. The fourth-order valence-electron chi connectivity index (χ4n) is 1.60. The number of halogens is 2. The fraction of sp³-hybridized carbons (Fsp3) is 0.143. The molecule has 2 rings (SSSR count). The second kappa shape index (κ2) is 5.04. The summed E-state index contributed by atoms with van der Waals surface area (Å²) in [5.74, 6) is -0.843. The highest BCUT2D eigenvalue weighted by Crippen LogP contribution is 2.22. The molecule has 0 heterocycles. The third-order valence-electron chi connectivity index (χ3n) is 2.65. The summed E-state index contributed by atoms with van der Waals surface area (Å²) in [6.45, 7) is 1.58. The van der Waals surface area contributed by atoms with Gasteiger partial charge < -0.3 is 10.5 Å². The average molecular weight is 249 g/mol. The summed E-state index contributed by atoms with van der Waals surface area (Å²) in [5.41, 5.74) is 6.28. The molecule has 0 atom stereocenters. The molecule has 0 radical (unpaired) electrons. The van der Waals surface area contributed by atoms with Crippen LogP contribution in [-0.4, -0.2) is 0 Å². The van der Waals surface area contributed by atoms with Gasteiger partial charge in [-0.25, -0.2) is 8.78 Å². The molecule has 0 aromatic heterocycles. The van der Waals surface area contributed by atoms with Crippen LogP contribution in [-0.2, 0) is 6.61 Å². The largest absolute Gasteiger partial charge is 0.486 e. The van der Waals surface area contributed by atoms with Gasteiger partial charge in [-0.05, 0) is 24.6 Å². The van der Waals surface area contributed by atoms with Gasteiger partial charge in [-0.15, -0.1) is 0 Å². The molecule has 0 aliphatic rings. The number of nitrogens with two attached hydrogens (primary N) is 1. The molecule has 4 heteroatoms. The highest BCUT2D eigenvalue weighted by Gasteiger charge is 2.09. The number of aryl methyl sites for hydroxylation is 1. The molecular weight excluding hydrogens is 236 g/mol. The van der Waals surface area contributed by atoms with Crippen molar-refractivity contribution in [2.24, 2.45) is 0 Å². The second-order valence-electron chi connectivity index (χ2n) is 4.00. The van der Waals surface area contributed by atoms with Crippen molar-refractivity contribution in [1.82, 2.24) is 0 Å². The van der Waals surface area contributed by atoms with Gasteiger partial charge in [0.05, 0.1) is 5.69 Å². The first-order valence-electron chi connectivity index (χ1n) is 5.50. The molecule has 94 valence electrons. The van der Waals surface area contributed by atoms with Crippen molar-refractivity contribution >= 4 is 5.69 Å². The van der Waals surface area contributed by atoms with Crippen LogP contribution >= 0.6 is 0 Å². The van der Waals surface area contributed by atoms with E-state index in [0.29, 0.717) is 11.1 Å². The Morgan fingerprint density at radius 3 is 2.56 bits per heavy atom. The van der Waals surface area contributed by atoms with E-state index in [1.807, 2.05) is 0 Å². The van der Waals surface area contributed by atoms with E-state index in [2.05, 4.69) is 0 Å². The molecule has 0 fully saturated rings. The molecule has 0 saturated heterocycles. The third kappa shape index (κ3) is 2.42. The van der Waals surface area contributed by atoms with E-state index in [1.54, 1.807) is 31.2 Å². The van der Waals surface area contributed by atoms with Crippen molar-refractivity contribution < 1.29 is 13.5 Å². The first-order valence-corrected chi connectivity index (χ1v) is 5.50. The number of hydrogen-bond acceptors (Lipinski definition) is 2. The van der Waals surface area contributed by atoms with Crippen LogP contribution in [0.4, 0.5) is 14.5 Å². The van der Waals surface area contributed by atoms with Gasteiger partial charge >= 0.3 is 0 Å². The average Bonchev–Trinajstić information content (AvgIpc) is 2.36. The van der Waals surface area contributed by atoms with Gasteiger partial charge in [-0.3, -0.25) is 0 Å². The lowest BCUT2D eigenvalue weighted by atomic mass is 10.2. The molecule has 0 bridgehead atoms. The van der Waals surface area contributed by atoms with Crippen molar-refractivity contribution in [3.05, 3.63) is 59.2 Å². The SMILES string of the molecule is Cc1cccc(OCc2cccc(N)c2F)c1F. The monoisotopic (exact) mass is 249 g/mol. The van der Waals surface area contributed by atoms with E-state index < -0.39 is 11.6 Å². The fourth-order valence-corrected chi connectivity index (χ4v) is 1.60. The summed E-state index contributed by atoms with van der Waals surface area (Å²) in [6, 6.07) is 9.48. The third-order valence-corrected chi connectivity index (χ3v) is 2.65. The maximum absolute atomic E-state index is 13.6. The van der Waals surface area contributed by atoms with Crippen molar-refractivity contribution in [3.8, 4) is 5.75 Å². The summed E-state index contributed by atoms with van der Waals surface area (Å²) >= 11 is 0. The molecule has 2 aromatic carbocycles. The van der Waals surface area contributed by atoms with E-state index in [0.717, 1.165) is 0 Å². The lowest BCUT2D eigenvalue weighted by Crippen LogP contribution is -2.02. The van der Waals surface area contributed by atoms with Gasteiger partial charge in [0, 0.05) is 5.56 Å². The lowest BCUT2D eigenvalue weighted by molar-refractivity contribution is 0.284. The molecule has 0 unspecified atom stereocenters. The number of anilines is 1. The van der Waals surface area contributed by atoms with Crippen LogP contribution < -0.4 is 10.5 Å². The maximum Gasteiger partial charge on any atom is 0.167 e. The smallest absolute Gasteiger partial charge is 0.167 e. The van der Waals surface area contributed by atoms with Crippen molar-refractivity contribution in [3.63, 3.8) is 0 Å². The quantitative estimate of drug-likeness (QED) is 0.846. The van der Waals surface area contributed by atoms with E-state index in [1.165, 1.54) is 12.1 Å². The molecule has 0 amide bonds. The zero-order valence-corrected chi connectivity index (χ0v) is 9.91. The standard InChI is InChI=1S/C14H13F2NO/c1-9-4-2-7-12(13(9)15)18-8-10-5-3-6-11(17)14(10)16/h2-7H,8,17H2,1H3. The van der Waals surface area contributed by atoms with Crippen LogP contribution in [0.15, 0.2) is 36.4 Å². The van der Waals surface area contributed by atoms with Crippen LogP contribution in [0.25, 0.3) is 0 Å². The Balaban J connectivity index is 2.17. The van der Waals surface area contributed by atoms with Crippen molar-refractivity contribution in [2.45, 2.75) is 13.5 Å². The van der Waals surface area contributed by atoms with Gasteiger partial charge in [-0.1, -0.05) is 24.3 Å². The molecular formula is C14H13F2NO. The first-order chi connectivity index (χ1) is 8.59. The molecule has 0 aliphatic carbocycles. The predicted molar refractivity (Wildman–Crippen MR) is 66.3 cm³/mol. The summed E-state index contributed by atoms with van der Waals surface area (Å²) < 4.78 is 32.5. The minimum atomic E-state index is -0.523. The van der Waals surface area contributed by atoms with E-state index in [4.69, 9.17) is 10.5 Å². The molecule has 2 aromatic rings. The molecule has 18 heavy (non-hydrogen) atoms. The molecule has 0 aliphatic heterocycles. The number of benzene rings is 2. The Labute approximate surface area is 104 Å². The van der Waals surface area contributed by atoms with E-state index in [9.17, 15) is 8.78 Å². The summed E-state index contributed by atoms with van der Waals surface area (Å²) in [5, 5.41) is 0. The predicted octanol–water partition coefficient (Wildman–Crippen LogP) is 3.43. The van der Waals surface area contributed by atoms with Crippen LogP contribution in [0.3, 0.4) is 0 Å². The Kier molecular flexibility index (Phi) is 3.46. The number of nitrogen functional groups attached to an aromatic ring is 1. The molecule has 0 spiro atoms. The van der Waals surface area contributed by atoms with Gasteiger partial charge in [0.2, 0.25) is 0 Å². The Bertz CT molecular complexity index is 518. The zero-order valence-electron chi connectivity index (χ0n) is 9.91. The lowest BCUT2D eigenvalue weighted by Gasteiger charge is -2.10. The number of hydrogen-bond donors (Lipinski definition) is 1. The van der Waals surface area contributed by atoms with Gasteiger partial charge in [0.1, 0.15) is 6.61 Å². The minimum Gasteiger partial charge on any atom is -0.486 e. The van der Waals surface area contributed by atoms with Crippen LogP contribution in [0.2, 0.25) is 0 Å². The van der Waals surface area contributed by atoms with Crippen LogP contribution in [0.5, 0.6) is 5.75 Å². The van der Waals surface area contributed by atoms with Crippen molar-refractivity contribution in [1.29, 1.82) is 0 Å². The number of ether oxygens (including phenoxy) is 1. The van der Waals surface area contributed by atoms with Crippen LogP contribution in [0.1, 0.15) is 11.1 Å². The first kappa shape index (κ1) is 12.4. The normalized spacial score (nSPS) is 10.4. The molecule has 2 nitrogen and oxygen atoms in total. The second-order valence-corrected chi connectivity index (χ2v) is 4.00. The molecule has 0 saturated carbocycles. The molecule has 2 N–H and O–H groups in total. The maximum atomic E-state index is 13.6. The number of rotatable bonds is 3. The minimum absolute atomic E-state index is 0.0563. The topological polar surface area (TPSA) is 35.2 Å². The highest BCUT2D eigenvalue weighted by molar-refractivity contribution is 5.42. The van der Waals surface area contributed by atoms with Gasteiger partial charge in [-0.2, -0.15) is 0 Å².